The highest BCUT2D eigenvalue weighted by Gasteiger charge is 2.61. The number of ether oxygens (including phenoxy) is 3. The second kappa shape index (κ2) is 13.0. The topological polar surface area (TPSA) is 182 Å². The van der Waals surface area contributed by atoms with E-state index < -0.39 is 50.5 Å². The molecule has 2 aromatic carbocycles. The number of carbonyl (C=O) groups is 1. The van der Waals surface area contributed by atoms with Gasteiger partial charge in [0.2, 0.25) is 11.8 Å². The number of rotatable bonds is 12. The molecular formula is C31H40FN6O8P. The summed E-state index contributed by atoms with van der Waals surface area (Å²) in [5, 5.41) is 15.6. The fraction of sp³-hybridized carbons (Fsp3) is 0.484. The lowest BCUT2D eigenvalue weighted by molar-refractivity contribution is -0.148. The summed E-state index contributed by atoms with van der Waals surface area (Å²) >= 11 is 0. The summed E-state index contributed by atoms with van der Waals surface area (Å²) < 4.78 is 60.7. The van der Waals surface area contributed by atoms with Gasteiger partial charge in [-0.1, -0.05) is 57.2 Å². The SMILES string of the molecule is CCOc1nc(N)nc2c1ncn2C1OCC(O)(COP(=O)(NC(C)C(=O)OCC(C)(C)C)Oc2cccc3ccccc23)C1(C)F. The summed E-state index contributed by atoms with van der Waals surface area (Å²) in [6, 6.07) is 11.2. The van der Waals surface area contributed by atoms with Crippen molar-refractivity contribution in [1.82, 2.24) is 24.6 Å². The van der Waals surface area contributed by atoms with Crippen LogP contribution in [0, 0.1) is 5.41 Å². The Balaban J connectivity index is 1.42. The monoisotopic (exact) mass is 674 g/mol. The van der Waals surface area contributed by atoms with Crippen molar-refractivity contribution in [3.05, 3.63) is 48.8 Å². The molecular weight excluding hydrogens is 634 g/mol. The number of nitrogens with one attached hydrogen (secondary N) is 1. The van der Waals surface area contributed by atoms with Crippen molar-refractivity contribution in [3.63, 3.8) is 0 Å². The first-order valence-corrected chi connectivity index (χ1v) is 16.6. The predicted octanol–water partition coefficient (Wildman–Crippen LogP) is 4.72. The number of benzene rings is 2. The highest BCUT2D eigenvalue weighted by molar-refractivity contribution is 7.52. The van der Waals surface area contributed by atoms with E-state index in [0.29, 0.717) is 5.39 Å². The average Bonchev–Trinajstić information content (AvgIpc) is 3.52. The van der Waals surface area contributed by atoms with Crippen LogP contribution in [0.4, 0.5) is 10.3 Å². The molecule has 1 saturated heterocycles. The third-order valence-corrected chi connectivity index (χ3v) is 9.20. The molecule has 4 aromatic rings. The Morgan fingerprint density at radius 2 is 1.98 bits per heavy atom. The molecule has 0 radical (unpaired) electrons. The minimum atomic E-state index is -4.52. The van der Waals surface area contributed by atoms with Crippen LogP contribution in [0.3, 0.4) is 0 Å². The normalized spacial score (nSPS) is 23.4. The van der Waals surface area contributed by atoms with Crippen molar-refractivity contribution < 1.29 is 42.1 Å². The van der Waals surface area contributed by atoms with Gasteiger partial charge in [0.15, 0.2) is 23.1 Å². The maximum Gasteiger partial charge on any atom is 0.459 e. The first-order chi connectivity index (χ1) is 22.1. The maximum atomic E-state index is 16.7. The number of hydrogen-bond acceptors (Lipinski definition) is 12. The molecule has 0 bridgehead atoms. The van der Waals surface area contributed by atoms with Crippen molar-refractivity contribution >= 4 is 41.6 Å². The van der Waals surface area contributed by atoms with Crippen LogP contribution in [0.15, 0.2) is 48.8 Å². The molecule has 14 nitrogen and oxygen atoms in total. The molecule has 16 heteroatoms. The number of carbonyl (C=O) groups excluding carboxylic acids is 1. The van der Waals surface area contributed by atoms with Crippen molar-refractivity contribution in [2.24, 2.45) is 5.41 Å². The van der Waals surface area contributed by atoms with Gasteiger partial charge in [-0.05, 0) is 37.6 Å². The summed E-state index contributed by atoms with van der Waals surface area (Å²) in [5.74, 6) is -0.550. The van der Waals surface area contributed by atoms with Crippen molar-refractivity contribution in [1.29, 1.82) is 0 Å². The van der Waals surface area contributed by atoms with Crippen LogP contribution in [0.2, 0.25) is 0 Å². The lowest BCUT2D eigenvalue weighted by Crippen LogP contribution is -2.53. The molecule has 1 fully saturated rings. The van der Waals surface area contributed by atoms with Crippen molar-refractivity contribution in [3.8, 4) is 11.6 Å². The van der Waals surface area contributed by atoms with Gasteiger partial charge < -0.3 is 29.6 Å². The molecule has 1 aliphatic rings. The quantitative estimate of drug-likeness (QED) is 0.139. The molecule has 0 saturated carbocycles. The molecule has 5 atom stereocenters. The van der Waals surface area contributed by atoms with Crippen LogP contribution >= 0.6 is 7.75 Å². The van der Waals surface area contributed by atoms with E-state index in [9.17, 15) is 14.5 Å². The number of nitrogen functional groups attached to an aromatic ring is 1. The van der Waals surface area contributed by atoms with E-state index in [-0.39, 0.29) is 47.4 Å². The van der Waals surface area contributed by atoms with Crippen LogP contribution in [0.1, 0.15) is 47.8 Å². The minimum absolute atomic E-state index is 0.109. The Morgan fingerprint density at radius 1 is 1.26 bits per heavy atom. The van der Waals surface area contributed by atoms with Crippen molar-refractivity contribution in [2.75, 3.05) is 32.2 Å². The zero-order valence-corrected chi connectivity index (χ0v) is 28.0. The van der Waals surface area contributed by atoms with Gasteiger partial charge in [-0.3, -0.25) is 13.9 Å². The fourth-order valence-electron chi connectivity index (χ4n) is 4.97. The van der Waals surface area contributed by atoms with Gasteiger partial charge >= 0.3 is 13.7 Å². The molecule has 2 aromatic heterocycles. The molecule has 5 rings (SSSR count). The number of aromatic nitrogens is 4. The van der Waals surface area contributed by atoms with Gasteiger partial charge in [0.05, 0.1) is 32.8 Å². The summed E-state index contributed by atoms with van der Waals surface area (Å²) in [4.78, 5) is 25.3. The lowest BCUT2D eigenvalue weighted by atomic mass is 9.88. The minimum Gasteiger partial charge on any atom is -0.476 e. The number of esters is 1. The predicted molar refractivity (Wildman–Crippen MR) is 172 cm³/mol. The second-order valence-corrected chi connectivity index (χ2v) is 14.5. The number of imidazole rings is 1. The summed E-state index contributed by atoms with van der Waals surface area (Å²) in [7, 11) is -4.52. The number of halogens is 1. The second-order valence-electron chi connectivity index (χ2n) is 12.8. The van der Waals surface area contributed by atoms with Crippen molar-refractivity contribution in [2.45, 2.75) is 65.1 Å². The van der Waals surface area contributed by atoms with Gasteiger partial charge in [0, 0.05) is 5.39 Å². The Kier molecular flexibility index (Phi) is 9.50. The van der Waals surface area contributed by atoms with E-state index in [4.69, 9.17) is 29.0 Å². The molecule has 254 valence electrons. The number of aliphatic hydroxyl groups is 1. The largest absolute Gasteiger partial charge is 0.476 e. The molecule has 47 heavy (non-hydrogen) atoms. The zero-order valence-electron chi connectivity index (χ0n) is 27.1. The first-order valence-electron chi connectivity index (χ1n) is 15.1. The third kappa shape index (κ3) is 7.19. The van der Waals surface area contributed by atoms with Crippen LogP contribution in [-0.4, -0.2) is 74.3 Å². The molecule has 0 spiro atoms. The number of fused-ring (bicyclic) bond motifs is 2. The highest BCUT2D eigenvalue weighted by Crippen LogP contribution is 2.51. The van der Waals surface area contributed by atoms with E-state index in [2.05, 4.69) is 20.0 Å². The zero-order chi connectivity index (χ0) is 34.2. The van der Waals surface area contributed by atoms with Gasteiger partial charge in [-0.2, -0.15) is 15.1 Å². The number of anilines is 1. The van der Waals surface area contributed by atoms with E-state index in [1.54, 1.807) is 31.2 Å². The Morgan fingerprint density at radius 3 is 2.70 bits per heavy atom. The molecule has 0 amide bonds. The van der Waals surface area contributed by atoms with Gasteiger partial charge in [0.1, 0.15) is 17.4 Å². The average molecular weight is 675 g/mol. The number of nitrogens with two attached hydrogens (primary N) is 1. The van der Waals surface area contributed by atoms with Gasteiger partial charge in [-0.15, -0.1) is 0 Å². The summed E-state index contributed by atoms with van der Waals surface area (Å²) in [6.07, 6.45) is -0.181. The molecule has 3 heterocycles. The summed E-state index contributed by atoms with van der Waals surface area (Å²) in [5.41, 5.74) is 0.972. The van der Waals surface area contributed by atoms with Crippen LogP contribution in [0.25, 0.3) is 21.9 Å². The maximum absolute atomic E-state index is 16.7. The molecule has 0 aliphatic carbocycles. The summed E-state index contributed by atoms with van der Waals surface area (Å²) in [6.45, 7) is 8.96. The van der Waals surface area contributed by atoms with Gasteiger partial charge in [-0.25, -0.2) is 13.9 Å². The Hall–Kier alpha value is -3.88. The fourth-order valence-corrected chi connectivity index (χ4v) is 6.53. The Bertz CT molecular complexity index is 1810. The number of alkyl halides is 1. The standard InChI is InChI=1S/C31H40FN6O8P/c1-7-42-25-23-24(35-28(33)36-25)38(18-34-23)27-30(6,32)31(40,16-44-27)17-45-47(41,37-19(2)26(39)43-15-29(3,4)5)46-22-14-10-12-20-11-8-9-13-21(20)22/h8-14,18-19,27,40H,7,15-17H2,1-6H3,(H,37,41)(H2,33,35,36). The van der Waals surface area contributed by atoms with Crippen LogP contribution in [0.5, 0.6) is 11.6 Å². The molecule has 4 N–H and O–H groups in total. The van der Waals surface area contributed by atoms with Crippen LogP contribution < -0.4 is 20.1 Å². The van der Waals surface area contributed by atoms with E-state index in [0.717, 1.165) is 12.3 Å². The van der Waals surface area contributed by atoms with E-state index in [1.165, 1.54) is 17.8 Å². The molecule has 1 aliphatic heterocycles. The lowest BCUT2D eigenvalue weighted by Gasteiger charge is -2.34. The Labute approximate surface area is 271 Å². The first kappa shape index (κ1) is 34.5. The highest BCUT2D eigenvalue weighted by atomic mass is 31.2. The van der Waals surface area contributed by atoms with Crippen LogP contribution in [-0.2, 0) is 23.4 Å². The smallest absolute Gasteiger partial charge is 0.459 e. The third-order valence-electron chi connectivity index (χ3n) is 7.59. The molecule has 5 unspecified atom stereocenters. The van der Waals surface area contributed by atoms with E-state index in [1.807, 2.05) is 39.0 Å². The number of nitrogens with zero attached hydrogens (tertiary/aromatic N) is 4. The number of hydrogen-bond donors (Lipinski definition) is 3. The van der Waals surface area contributed by atoms with Gasteiger partial charge in [0.25, 0.3) is 0 Å². The van der Waals surface area contributed by atoms with E-state index >= 15 is 4.39 Å².